The number of nitrogens with two attached hydrogens (primary N) is 1. The predicted molar refractivity (Wildman–Crippen MR) is 70.2 cm³/mol. The number of piperidine rings is 1. The molecule has 0 saturated carbocycles. The predicted octanol–water partition coefficient (Wildman–Crippen LogP) is 2.80. The van der Waals surface area contributed by atoms with E-state index in [4.69, 9.17) is 10.6 Å². The molecule has 1 fully saturated rings. The summed E-state index contributed by atoms with van der Waals surface area (Å²) in [5.74, 6) is 6.43. The molecule has 1 unspecified atom stereocenters. The van der Waals surface area contributed by atoms with E-state index in [0.717, 1.165) is 19.7 Å². The van der Waals surface area contributed by atoms with E-state index in [1.165, 1.54) is 25.7 Å². The van der Waals surface area contributed by atoms with Crippen LogP contribution in [0.25, 0.3) is 0 Å². The number of hydrogen-bond donors (Lipinski definition) is 1. The van der Waals surface area contributed by atoms with Gasteiger partial charge in [0.1, 0.15) is 0 Å². The lowest BCUT2D eigenvalue weighted by atomic mass is 9.93. The van der Waals surface area contributed by atoms with Gasteiger partial charge in [-0.15, -0.1) is 0 Å². The van der Waals surface area contributed by atoms with Gasteiger partial charge in [-0.2, -0.15) is 0 Å². The molecule has 0 radical (unpaired) electrons. The molecule has 0 aromatic carbocycles. The van der Waals surface area contributed by atoms with Crippen molar-refractivity contribution in [3.63, 3.8) is 0 Å². The van der Waals surface area contributed by atoms with Crippen LogP contribution >= 0.6 is 0 Å². The van der Waals surface area contributed by atoms with Gasteiger partial charge < -0.3 is 4.74 Å². The highest BCUT2D eigenvalue weighted by Crippen LogP contribution is 2.21. The number of hydrogen-bond acceptors (Lipinski definition) is 3. The molecule has 3 heteroatoms. The van der Waals surface area contributed by atoms with Crippen LogP contribution in [0.3, 0.4) is 0 Å². The number of ether oxygens (including phenoxy) is 1. The average molecular weight is 230 g/mol. The van der Waals surface area contributed by atoms with Gasteiger partial charge in [0, 0.05) is 19.7 Å². The molecule has 0 aliphatic carbocycles. The average Bonchev–Trinajstić information content (AvgIpc) is 2.33. The first-order valence-corrected chi connectivity index (χ1v) is 6.85. The van der Waals surface area contributed by atoms with Crippen LogP contribution in [0.1, 0.15) is 53.4 Å². The monoisotopic (exact) mass is 230 g/mol. The number of nitrogens with zero attached hydrogens (tertiary/aromatic N) is 1. The van der Waals surface area contributed by atoms with E-state index < -0.39 is 0 Å². The quantitative estimate of drug-likeness (QED) is 0.583. The Balaban J connectivity index is 0.00000106. The van der Waals surface area contributed by atoms with Gasteiger partial charge in [-0.25, -0.2) is 5.01 Å². The molecule has 1 heterocycles. The summed E-state index contributed by atoms with van der Waals surface area (Å²) in [7, 11) is 0. The Labute approximate surface area is 101 Å². The standard InChI is InChI=1S/C11H24N2O.C2H6/c1-3-4-9-14-10(2)11-5-7-13(12)8-6-11;1-2/h10-11H,3-9,12H2,1-2H3;1-2H3. The summed E-state index contributed by atoms with van der Waals surface area (Å²) in [6, 6.07) is 0. The Morgan fingerprint density at radius 1 is 1.31 bits per heavy atom. The van der Waals surface area contributed by atoms with Crippen molar-refractivity contribution in [3.05, 3.63) is 0 Å². The second kappa shape index (κ2) is 10.1. The molecule has 0 aromatic rings. The van der Waals surface area contributed by atoms with Crippen LogP contribution in [0.5, 0.6) is 0 Å². The van der Waals surface area contributed by atoms with E-state index in [0.29, 0.717) is 12.0 Å². The van der Waals surface area contributed by atoms with Gasteiger partial charge in [-0.3, -0.25) is 5.84 Å². The van der Waals surface area contributed by atoms with Crippen LogP contribution in [0, 0.1) is 5.92 Å². The maximum atomic E-state index is 5.80. The number of rotatable bonds is 5. The smallest absolute Gasteiger partial charge is 0.0576 e. The molecule has 98 valence electrons. The Kier molecular flexibility index (Phi) is 9.99. The molecule has 1 aliphatic rings. The summed E-state index contributed by atoms with van der Waals surface area (Å²) in [4.78, 5) is 0. The fourth-order valence-electron chi connectivity index (χ4n) is 1.94. The zero-order valence-corrected chi connectivity index (χ0v) is 11.5. The lowest BCUT2D eigenvalue weighted by molar-refractivity contribution is 0.000766. The van der Waals surface area contributed by atoms with Gasteiger partial charge in [0.2, 0.25) is 0 Å². The van der Waals surface area contributed by atoms with Crippen molar-refractivity contribution in [1.82, 2.24) is 5.01 Å². The van der Waals surface area contributed by atoms with Crippen molar-refractivity contribution in [1.29, 1.82) is 0 Å². The Hall–Kier alpha value is -0.120. The summed E-state index contributed by atoms with van der Waals surface area (Å²) in [6.07, 6.45) is 5.18. The van der Waals surface area contributed by atoms with Crippen LogP contribution in [0.2, 0.25) is 0 Å². The third kappa shape index (κ3) is 6.46. The van der Waals surface area contributed by atoms with Gasteiger partial charge in [0.05, 0.1) is 6.10 Å². The molecule has 0 amide bonds. The normalized spacial score (nSPS) is 20.1. The van der Waals surface area contributed by atoms with E-state index in [1.54, 1.807) is 0 Å². The third-order valence-electron chi connectivity index (χ3n) is 3.12. The summed E-state index contributed by atoms with van der Waals surface area (Å²) in [6.45, 7) is 11.4. The van der Waals surface area contributed by atoms with E-state index in [9.17, 15) is 0 Å². The van der Waals surface area contributed by atoms with Crippen LogP contribution < -0.4 is 5.84 Å². The summed E-state index contributed by atoms with van der Waals surface area (Å²) in [5, 5.41) is 1.91. The van der Waals surface area contributed by atoms with Gasteiger partial charge in [-0.1, -0.05) is 27.2 Å². The summed E-state index contributed by atoms with van der Waals surface area (Å²) < 4.78 is 5.80. The molecule has 1 aliphatic heterocycles. The Morgan fingerprint density at radius 2 is 1.88 bits per heavy atom. The van der Waals surface area contributed by atoms with Crippen molar-refractivity contribution in [3.8, 4) is 0 Å². The highest BCUT2D eigenvalue weighted by molar-refractivity contribution is 4.73. The van der Waals surface area contributed by atoms with Gasteiger partial charge in [0.15, 0.2) is 0 Å². The van der Waals surface area contributed by atoms with E-state index >= 15 is 0 Å². The first kappa shape index (κ1) is 15.9. The molecule has 2 N–H and O–H groups in total. The second-order valence-electron chi connectivity index (χ2n) is 4.30. The van der Waals surface area contributed by atoms with Gasteiger partial charge in [0.25, 0.3) is 0 Å². The third-order valence-corrected chi connectivity index (χ3v) is 3.12. The van der Waals surface area contributed by atoms with Gasteiger partial charge in [-0.05, 0) is 32.1 Å². The van der Waals surface area contributed by atoms with Crippen molar-refractivity contribution in [2.75, 3.05) is 19.7 Å². The Morgan fingerprint density at radius 3 is 2.38 bits per heavy atom. The van der Waals surface area contributed by atoms with Crippen molar-refractivity contribution >= 4 is 0 Å². The fourth-order valence-corrected chi connectivity index (χ4v) is 1.94. The van der Waals surface area contributed by atoms with Crippen LogP contribution in [-0.4, -0.2) is 30.8 Å². The van der Waals surface area contributed by atoms with E-state index in [1.807, 2.05) is 18.9 Å². The largest absolute Gasteiger partial charge is 0.378 e. The van der Waals surface area contributed by atoms with Gasteiger partial charge >= 0.3 is 0 Å². The van der Waals surface area contributed by atoms with Crippen molar-refractivity contribution in [2.24, 2.45) is 11.8 Å². The van der Waals surface area contributed by atoms with E-state index in [-0.39, 0.29) is 0 Å². The minimum absolute atomic E-state index is 0.412. The van der Waals surface area contributed by atoms with Crippen LogP contribution in [0.4, 0.5) is 0 Å². The molecule has 1 atom stereocenters. The molecule has 0 bridgehead atoms. The summed E-state index contributed by atoms with van der Waals surface area (Å²) in [5.41, 5.74) is 0. The highest BCUT2D eigenvalue weighted by Gasteiger charge is 2.22. The van der Waals surface area contributed by atoms with Crippen molar-refractivity contribution in [2.45, 2.75) is 59.5 Å². The number of hydrazine groups is 1. The maximum Gasteiger partial charge on any atom is 0.0576 e. The highest BCUT2D eigenvalue weighted by atomic mass is 16.5. The molecular weight excluding hydrogens is 200 g/mol. The topological polar surface area (TPSA) is 38.5 Å². The molecule has 0 aromatic heterocycles. The fraction of sp³-hybridized carbons (Fsp3) is 1.00. The first-order valence-electron chi connectivity index (χ1n) is 6.85. The minimum Gasteiger partial charge on any atom is -0.378 e. The molecule has 0 spiro atoms. The second-order valence-corrected chi connectivity index (χ2v) is 4.30. The molecule has 16 heavy (non-hydrogen) atoms. The first-order chi connectivity index (χ1) is 7.74. The molecule has 3 nitrogen and oxygen atoms in total. The lowest BCUT2D eigenvalue weighted by Crippen LogP contribution is -2.41. The molecule has 1 rings (SSSR count). The minimum atomic E-state index is 0.412. The van der Waals surface area contributed by atoms with Crippen LogP contribution in [-0.2, 0) is 4.74 Å². The summed E-state index contributed by atoms with van der Waals surface area (Å²) >= 11 is 0. The zero-order valence-electron chi connectivity index (χ0n) is 11.5. The Bertz CT molecular complexity index is 145. The number of unbranched alkanes of at least 4 members (excludes halogenated alkanes) is 1. The maximum absolute atomic E-state index is 5.80. The zero-order chi connectivity index (χ0) is 12.4. The SMILES string of the molecule is CC.CCCCOC(C)C1CCN(N)CC1. The van der Waals surface area contributed by atoms with Crippen molar-refractivity contribution < 1.29 is 4.74 Å². The van der Waals surface area contributed by atoms with Crippen LogP contribution in [0.15, 0.2) is 0 Å². The van der Waals surface area contributed by atoms with E-state index in [2.05, 4.69) is 13.8 Å². The molecular formula is C13H30N2O. The lowest BCUT2D eigenvalue weighted by Gasteiger charge is -2.32. The molecule has 1 saturated heterocycles.